The maximum Gasteiger partial charge on any atom is 0.371 e. The molecule has 96 valence electrons. The summed E-state index contributed by atoms with van der Waals surface area (Å²) in [6, 6.07) is 9.48. The van der Waals surface area contributed by atoms with Crippen molar-refractivity contribution in [2.75, 3.05) is 0 Å². The Labute approximate surface area is 113 Å². The van der Waals surface area contributed by atoms with Crippen molar-refractivity contribution in [1.29, 1.82) is 5.26 Å². The predicted molar refractivity (Wildman–Crippen MR) is 66.2 cm³/mol. The van der Waals surface area contributed by atoms with E-state index in [1.54, 1.807) is 12.1 Å². The fourth-order valence-electron chi connectivity index (χ4n) is 1.40. The van der Waals surface area contributed by atoms with Crippen LogP contribution in [0.2, 0.25) is 5.02 Å². The average Bonchev–Trinajstić information content (AvgIpc) is 2.85. The highest BCUT2D eigenvalue weighted by Gasteiger charge is 2.09. The van der Waals surface area contributed by atoms with Crippen LogP contribution in [0.3, 0.4) is 0 Å². The monoisotopic (exact) mass is 277 g/mol. The van der Waals surface area contributed by atoms with E-state index in [9.17, 15) is 4.79 Å². The van der Waals surface area contributed by atoms with Crippen LogP contribution in [-0.2, 0) is 6.61 Å². The summed E-state index contributed by atoms with van der Waals surface area (Å²) in [5.41, 5.74) is 0.361. The number of benzene rings is 1. The Morgan fingerprint density at radius 2 is 2.21 bits per heavy atom. The van der Waals surface area contributed by atoms with Crippen molar-refractivity contribution in [2.45, 2.75) is 6.61 Å². The fourth-order valence-corrected chi connectivity index (χ4v) is 1.61. The number of rotatable bonds is 4. The first-order valence-corrected chi connectivity index (χ1v) is 5.62. The summed E-state index contributed by atoms with van der Waals surface area (Å²) >= 11 is 5.85. The second kappa shape index (κ2) is 5.46. The van der Waals surface area contributed by atoms with Crippen LogP contribution in [0.15, 0.2) is 34.7 Å². The van der Waals surface area contributed by atoms with Crippen LogP contribution in [-0.4, -0.2) is 11.1 Å². The van der Waals surface area contributed by atoms with Crippen molar-refractivity contribution in [3.05, 3.63) is 52.4 Å². The molecule has 2 rings (SSSR count). The molecule has 5 nitrogen and oxygen atoms in total. The number of ether oxygens (including phenoxy) is 1. The number of aromatic carboxylic acids is 1. The lowest BCUT2D eigenvalue weighted by molar-refractivity contribution is 0.0658. The van der Waals surface area contributed by atoms with Crippen molar-refractivity contribution in [3.63, 3.8) is 0 Å². The third-order valence-corrected chi connectivity index (χ3v) is 2.63. The molecule has 0 fully saturated rings. The molecule has 0 aliphatic carbocycles. The highest BCUT2D eigenvalue weighted by Crippen LogP contribution is 2.22. The quantitative estimate of drug-likeness (QED) is 0.928. The van der Waals surface area contributed by atoms with Gasteiger partial charge in [0.05, 0.1) is 10.6 Å². The van der Waals surface area contributed by atoms with E-state index in [4.69, 9.17) is 31.1 Å². The molecule has 1 aromatic heterocycles. The van der Waals surface area contributed by atoms with Gasteiger partial charge in [-0.2, -0.15) is 5.26 Å². The normalized spacial score (nSPS) is 9.89. The Balaban J connectivity index is 2.04. The van der Waals surface area contributed by atoms with Crippen LogP contribution in [0.4, 0.5) is 0 Å². The zero-order chi connectivity index (χ0) is 13.8. The average molecular weight is 278 g/mol. The van der Waals surface area contributed by atoms with E-state index in [1.165, 1.54) is 18.2 Å². The second-order valence-electron chi connectivity index (χ2n) is 3.61. The van der Waals surface area contributed by atoms with Gasteiger partial charge in [-0.1, -0.05) is 11.6 Å². The largest absolute Gasteiger partial charge is 0.486 e. The molecule has 0 amide bonds. The van der Waals surface area contributed by atoms with Gasteiger partial charge >= 0.3 is 5.97 Å². The van der Waals surface area contributed by atoms with Crippen LogP contribution in [0.5, 0.6) is 5.75 Å². The molecule has 0 saturated carbocycles. The van der Waals surface area contributed by atoms with Crippen LogP contribution >= 0.6 is 11.6 Å². The fraction of sp³-hybridized carbons (Fsp3) is 0.0769. The summed E-state index contributed by atoms with van der Waals surface area (Å²) in [5, 5.41) is 17.7. The molecule has 0 unspecified atom stereocenters. The molecule has 0 saturated heterocycles. The highest BCUT2D eigenvalue weighted by atomic mass is 35.5. The molecule has 0 radical (unpaired) electrons. The Bertz CT molecular complexity index is 657. The molecular formula is C13H8ClNO4. The van der Waals surface area contributed by atoms with Gasteiger partial charge in [-0.25, -0.2) is 4.79 Å². The van der Waals surface area contributed by atoms with Crippen molar-refractivity contribution in [2.24, 2.45) is 0 Å². The minimum atomic E-state index is -1.13. The minimum absolute atomic E-state index is 0.0789. The van der Waals surface area contributed by atoms with E-state index in [-0.39, 0.29) is 12.4 Å². The lowest BCUT2D eigenvalue weighted by Gasteiger charge is -2.05. The van der Waals surface area contributed by atoms with Gasteiger partial charge in [0.25, 0.3) is 0 Å². The number of carboxylic acid groups (broad SMARTS) is 1. The lowest BCUT2D eigenvalue weighted by Crippen LogP contribution is -1.95. The van der Waals surface area contributed by atoms with Crippen LogP contribution in [0.25, 0.3) is 0 Å². The number of carboxylic acids is 1. The van der Waals surface area contributed by atoms with Gasteiger partial charge in [0.15, 0.2) is 0 Å². The zero-order valence-corrected chi connectivity index (χ0v) is 10.3. The van der Waals surface area contributed by atoms with Crippen LogP contribution in [0, 0.1) is 11.3 Å². The van der Waals surface area contributed by atoms with Crippen LogP contribution in [0.1, 0.15) is 21.9 Å². The third kappa shape index (κ3) is 3.06. The molecule has 0 spiro atoms. The van der Waals surface area contributed by atoms with Crippen molar-refractivity contribution in [3.8, 4) is 11.8 Å². The highest BCUT2D eigenvalue weighted by molar-refractivity contribution is 6.31. The molecule has 1 heterocycles. The van der Waals surface area contributed by atoms with Crippen LogP contribution < -0.4 is 4.74 Å². The summed E-state index contributed by atoms with van der Waals surface area (Å²) in [7, 11) is 0. The van der Waals surface area contributed by atoms with E-state index in [0.29, 0.717) is 22.1 Å². The number of halogens is 1. The van der Waals surface area contributed by atoms with Gasteiger partial charge in [0.1, 0.15) is 24.2 Å². The lowest BCUT2D eigenvalue weighted by atomic mass is 10.2. The van der Waals surface area contributed by atoms with Crippen molar-refractivity contribution < 1.29 is 19.1 Å². The van der Waals surface area contributed by atoms with Gasteiger partial charge in [-0.05, 0) is 24.3 Å². The molecule has 6 heteroatoms. The van der Waals surface area contributed by atoms with E-state index < -0.39 is 5.97 Å². The van der Waals surface area contributed by atoms with Gasteiger partial charge in [-0.15, -0.1) is 0 Å². The molecule has 1 aromatic carbocycles. The van der Waals surface area contributed by atoms with E-state index in [0.717, 1.165) is 0 Å². The van der Waals surface area contributed by atoms with E-state index >= 15 is 0 Å². The molecular weight excluding hydrogens is 270 g/mol. The number of nitriles is 1. The predicted octanol–water partition coefficient (Wildman–Crippen LogP) is 3.08. The summed E-state index contributed by atoms with van der Waals surface area (Å²) in [6.07, 6.45) is 0. The van der Waals surface area contributed by atoms with Gasteiger partial charge < -0.3 is 14.3 Å². The third-order valence-electron chi connectivity index (χ3n) is 2.31. The number of furan rings is 1. The molecule has 19 heavy (non-hydrogen) atoms. The van der Waals surface area contributed by atoms with Crippen molar-refractivity contribution in [1.82, 2.24) is 0 Å². The first kappa shape index (κ1) is 13.0. The zero-order valence-electron chi connectivity index (χ0n) is 9.59. The second-order valence-corrected chi connectivity index (χ2v) is 4.02. The van der Waals surface area contributed by atoms with Gasteiger partial charge in [0.2, 0.25) is 5.76 Å². The smallest absolute Gasteiger partial charge is 0.371 e. The molecule has 0 bridgehead atoms. The topological polar surface area (TPSA) is 83.5 Å². The molecule has 1 N–H and O–H groups in total. The number of nitrogens with zero attached hydrogens (tertiary/aromatic N) is 1. The summed E-state index contributed by atoms with van der Waals surface area (Å²) < 4.78 is 10.4. The van der Waals surface area contributed by atoms with E-state index in [2.05, 4.69) is 0 Å². The summed E-state index contributed by atoms with van der Waals surface area (Å²) in [6.45, 7) is 0.0789. The standard InChI is InChI=1S/C13H8ClNO4/c14-11-5-9(2-1-8(11)6-15)18-7-10-3-4-12(19-10)13(16)17/h1-5H,7H2,(H,16,17). The number of hydrogen-bond acceptors (Lipinski definition) is 4. The molecule has 0 aliphatic heterocycles. The van der Waals surface area contributed by atoms with Crippen molar-refractivity contribution >= 4 is 17.6 Å². The Hall–Kier alpha value is -2.45. The Kier molecular flexibility index (Phi) is 3.74. The summed E-state index contributed by atoms with van der Waals surface area (Å²) in [4.78, 5) is 10.6. The van der Waals surface area contributed by atoms with E-state index in [1.807, 2.05) is 6.07 Å². The first-order valence-electron chi connectivity index (χ1n) is 5.24. The molecule has 0 aliphatic rings. The molecule has 2 aromatic rings. The number of carbonyl (C=O) groups is 1. The minimum Gasteiger partial charge on any atom is -0.486 e. The number of hydrogen-bond donors (Lipinski definition) is 1. The SMILES string of the molecule is N#Cc1ccc(OCc2ccc(C(=O)O)o2)cc1Cl. The maximum atomic E-state index is 10.6. The summed E-state index contributed by atoms with van der Waals surface area (Å²) in [5.74, 6) is -0.417. The first-order chi connectivity index (χ1) is 9.10. The Morgan fingerprint density at radius 1 is 1.42 bits per heavy atom. The van der Waals surface area contributed by atoms with Gasteiger partial charge in [-0.3, -0.25) is 0 Å². The van der Waals surface area contributed by atoms with Gasteiger partial charge in [0, 0.05) is 6.07 Å². The molecule has 0 atom stereocenters. The Morgan fingerprint density at radius 3 is 2.79 bits per heavy atom. The maximum absolute atomic E-state index is 10.6.